The fourth-order valence-corrected chi connectivity index (χ4v) is 0.535. The lowest BCUT2D eigenvalue weighted by atomic mass is 10.8. The van der Waals surface area contributed by atoms with Crippen LogP contribution in [0.15, 0.2) is 4.99 Å². The van der Waals surface area contributed by atoms with Crippen LogP contribution in [-0.2, 0) is 0 Å². The topological polar surface area (TPSA) is 73.9 Å². The Bertz CT molecular complexity index is 112. The molecule has 0 fully saturated rings. The van der Waals surface area contributed by atoms with E-state index in [0.717, 1.165) is 5.96 Å². The Morgan fingerprint density at radius 3 is 2.00 bits per heavy atom. The lowest BCUT2D eigenvalue weighted by molar-refractivity contribution is 0.306. The van der Waals surface area contributed by atoms with E-state index in [4.69, 9.17) is 10.8 Å². The number of guanidine groups is 1. The molecule has 0 aromatic carbocycles. The maximum atomic E-state index is 7.75. The molecule has 0 saturated carbocycles. The fraction of sp³-hybridized carbons (Fsp3) is 0.857. The Labute approximate surface area is 74.3 Å². The van der Waals surface area contributed by atoms with Crippen molar-refractivity contribution in [3.05, 3.63) is 0 Å². The second-order valence-corrected chi connectivity index (χ2v) is 2.20. The van der Waals surface area contributed by atoms with Gasteiger partial charge in [0, 0.05) is 34.7 Å². The summed E-state index contributed by atoms with van der Waals surface area (Å²) in [7, 11) is 7.49. The zero-order valence-corrected chi connectivity index (χ0v) is 8.33. The Balaban J connectivity index is 0. The number of hydrogen-bond donors (Lipinski definition) is 3. The number of aliphatic hydroxyl groups excluding tert-OH is 1. The van der Waals surface area contributed by atoms with Gasteiger partial charge in [0.05, 0.1) is 6.61 Å². The molecule has 0 aliphatic heterocycles. The highest BCUT2D eigenvalue weighted by atomic mass is 16.3. The van der Waals surface area contributed by atoms with Crippen LogP contribution in [-0.4, -0.2) is 57.3 Å². The van der Waals surface area contributed by atoms with Crippen LogP contribution in [0.3, 0.4) is 0 Å². The molecule has 0 rings (SSSR count). The third-order valence-electron chi connectivity index (χ3n) is 0.988. The van der Waals surface area contributed by atoms with Gasteiger partial charge in [0.15, 0.2) is 5.96 Å². The monoisotopic (exact) mass is 176 g/mol. The number of nitrogens with two attached hydrogens (primary N) is 1. The van der Waals surface area contributed by atoms with Crippen LogP contribution in [0.5, 0.6) is 0 Å². The second-order valence-electron chi connectivity index (χ2n) is 2.20. The van der Waals surface area contributed by atoms with Gasteiger partial charge >= 0.3 is 0 Å². The van der Waals surface area contributed by atoms with Gasteiger partial charge in [-0.05, 0) is 0 Å². The SMILES string of the molecule is CN=C(NC)N(C)C.NCCO. The average Bonchev–Trinajstić information content (AvgIpc) is 2.07. The predicted molar refractivity (Wildman–Crippen MR) is 52.2 cm³/mol. The van der Waals surface area contributed by atoms with E-state index in [1.165, 1.54) is 0 Å². The molecule has 5 heteroatoms. The van der Waals surface area contributed by atoms with Crippen molar-refractivity contribution in [2.24, 2.45) is 10.7 Å². The van der Waals surface area contributed by atoms with Crippen molar-refractivity contribution >= 4 is 5.96 Å². The third-order valence-corrected chi connectivity index (χ3v) is 0.988. The zero-order chi connectivity index (χ0) is 9.98. The average molecular weight is 176 g/mol. The molecule has 0 spiro atoms. The standard InChI is InChI=1S/C5H13N3.C2H7NO/c1-6-5(7-2)8(3)4;3-1-2-4/h1-4H3,(H,6,7);4H,1-3H2. The van der Waals surface area contributed by atoms with Gasteiger partial charge in [-0.25, -0.2) is 0 Å². The molecule has 0 saturated heterocycles. The minimum atomic E-state index is 0.0972. The minimum absolute atomic E-state index is 0.0972. The molecule has 0 bridgehead atoms. The van der Waals surface area contributed by atoms with Gasteiger partial charge in [-0.3, -0.25) is 4.99 Å². The van der Waals surface area contributed by atoms with Gasteiger partial charge in [-0.2, -0.15) is 0 Å². The maximum Gasteiger partial charge on any atom is 0.192 e. The predicted octanol–water partition coefficient (Wildman–Crippen LogP) is -1.31. The summed E-state index contributed by atoms with van der Waals surface area (Å²) in [5.41, 5.74) is 4.78. The Hall–Kier alpha value is -0.810. The van der Waals surface area contributed by atoms with Crippen molar-refractivity contribution in [1.82, 2.24) is 10.2 Å². The highest BCUT2D eigenvalue weighted by Crippen LogP contribution is 1.73. The van der Waals surface area contributed by atoms with Crippen LogP contribution >= 0.6 is 0 Å². The molecule has 4 N–H and O–H groups in total. The van der Waals surface area contributed by atoms with E-state index in [9.17, 15) is 0 Å². The molecule has 0 atom stereocenters. The number of aliphatic imine (C=N–C) groups is 1. The molecule has 12 heavy (non-hydrogen) atoms. The van der Waals surface area contributed by atoms with E-state index in [-0.39, 0.29) is 6.61 Å². The number of aliphatic hydroxyl groups is 1. The molecule has 0 radical (unpaired) electrons. The molecule has 0 aliphatic carbocycles. The summed E-state index contributed by atoms with van der Waals surface area (Å²) in [4.78, 5) is 5.85. The smallest absolute Gasteiger partial charge is 0.192 e. The summed E-state index contributed by atoms with van der Waals surface area (Å²) in [5.74, 6) is 0.894. The first-order valence-corrected chi connectivity index (χ1v) is 3.76. The second kappa shape index (κ2) is 10.2. The first-order chi connectivity index (χ1) is 5.63. The van der Waals surface area contributed by atoms with Crippen LogP contribution in [0.25, 0.3) is 0 Å². The number of nitrogens with zero attached hydrogens (tertiary/aromatic N) is 2. The largest absolute Gasteiger partial charge is 0.395 e. The number of nitrogens with one attached hydrogen (secondary N) is 1. The lowest BCUT2D eigenvalue weighted by Crippen LogP contribution is -2.33. The van der Waals surface area contributed by atoms with Crippen molar-refractivity contribution in [1.29, 1.82) is 0 Å². The van der Waals surface area contributed by atoms with Gasteiger partial charge in [-0.15, -0.1) is 0 Å². The van der Waals surface area contributed by atoms with E-state index in [0.29, 0.717) is 6.54 Å². The van der Waals surface area contributed by atoms with Crippen LogP contribution < -0.4 is 11.1 Å². The van der Waals surface area contributed by atoms with E-state index in [1.807, 2.05) is 26.0 Å². The van der Waals surface area contributed by atoms with Crippen molar-refractivity contribution < 1.29 is 5.11 Å². The Morgan fingerprint density at radius 1 is 1.58 bits per heavy atom. The maximum absolute atomic E-state index is 7.75. The van der Waals surface area contributed by atoms with Crippen LogP contribution in [0.2, 0.25) is 0 Å². The molecule has 74 valence electrons. The summed E-state index contributed by atoms with van der Waals surface area (Å²) in [6, 6.07) is 0. The fourth-order valence-electron chi connectivity index (χ4n) is 0.535. The Kier molecular flexibility index (Phi) is 11.7. The quantitative estimate of drug-likeness (QED) is 0.342. The van der Waals surface area contributed by atoms with Gasteiger partial charge in [0.2, 0.25) is 0 Å². The first kappa shape index (κ1) is 13.8. The van der Waals surface area contributed by atoms with Crippen LogP contribution in [0.4, 0.5) is 0 Å². The molecule has 0 heterocycles. The highest BCUT2D eigenvalue weighted by molar-refractivity contribution is 5.78. The van der Waals surface area contributed by atoms with Gasteiger partial charge in [0.1, 0.15) is 0 Å². The molecule has 0 amide bonds. The van der Waals surface area contributed by atoms with E-state index in [1.54, 1.807) is 7.05 Å². The lowest BCUT2D eigenvalue weighted by Gasteiger charge is -2.12. The van der Waals surface area contributed by atoms with Crippen molar-refractivity contribution in [2.75, 3.05) is 41.3 Å². The van der Waals surface area contributed by atoms with E-state index in [2.05, 4.69) is 10.3 Å². The summed E-state index contributed by atoms with van der Waals surface area (Å²) in [6.45, 7) is 0.472. The highest BCUT2D eigenvalue weighted by Gasteiger charge is 1.91. The number of rotatable bonds is 1. The van der Waals surface area contributed by atoms with Crippen molar-refractivity contribution in [2.45, 2.75) is 0 Å². The summed E-state index contributed by atoms with van der Waals surface area (Å²) in [5, 5.41) is 10.7. The van der Waals surface area contributed by atoms with Crippen LogP contribution in [0, 0.1) is 0 Å². The summed E-state index contributed by atoms with van der Waals surface area (Å²) >= 11 is 0. The zero-order valence-electron chi connectivity index (χ0n) is 8.33. The summed E-state index contributed by atoms with van der Waals surface area (Å²) in [6.07, 6.45) is 0. The van der Waals surface area contributed by atoms with Crippen molar-refractivity contribution in [3.63, 3.8) is 0 Å². The normalized spacial score (nSPS) is 10.0. The molecule has 0 unspecified atom stereocenters. The molecular weight excluding hydrogens is 156 g/mol. The third kappa shape index (κ3) is 9.19. The molecule has 0 aromatic heterocycles. The van der Waals surface area contributed by atoms with E-state index >= 15 is 0 Å². The number of hydrogen-bond acceptors (Lipinski definition) is 3. The summed E-state index contributed by atoms with van der Waals surface area (Å²) < 4.78 is 0. The minimum Gasteiger partial charge on any atom is -0.395 e. The molecule has 0 aliphatic rings. The van der Waals surface area contributed by atoms with Crippen LogP contribution in [0.1, 0.15) is 0 Å². The molecule has 5 nitrogen and oxygen atoms in total. The van der Waals surface area contributed by atoms with Gasteiger partial charge in [0.25, 0.3) is 0 Å². The molecule has 0 aromatic rings. The van der Waals surface area contributed by atoms with E-state index < -0.39 is 0 Å². The van der Waals surface area contributed by atoms with Gasteiger partial charge < -0.3 is 21.1 Å². The first-order valence-electron chi connectivity index (χ1n) is 3.76. The Morgan fingerprint density at radius 2 is 2.00 bits per heavy atom. The molecular formula is C7H20N4O. The van der Waals surface area contributed by atoms with Crippen molar-refractivity contribution in [3.8, 4) is 0 Å². The van der Waals surface area contributed by atoms with Gasteiger partial charge in [-0.1, -0.05) is 0 Å².